The van der Waals surface area contributed by atoms with Crippen LogP contribution in [0.3, 0.4) is 0 Å². The molecule has 0 radical (unpaired) electrons. The number of halogens is 1. The van der Waals surface area contributed by atoms with Crippen molar-refractivity contribution in [3.05, 3.63) is 47.3 Å². The highest BCUT2D eigenvalue weighted by Gasteiger charge is 2.19. The monoisotopic (exact) mass is 361 g/mol. The van der Waals surface area contributed by atoms with E-state index in [0.717, 1.165) is 0 Å². The summed E-state index contributed by atoms with van der Waals surface area (Å²) >= 11 is 5.77. The second-order valence-corrected chi connectivity index (χ2v) is 5.60. The van der Waals surface area contributed by atoms with E-state index in [-0.39, 0.29) is 11.4 Å². The summed E-state index contributed by atoms with van der Waals surface area (Å²) in [6, 6.07) is 8.37. The molecule has 0 fully saturated rings. The predicted octanol–water partition coefficient (Wildman–Crippen LogP) is 3.34. The Balaban J connectivity index is 1.82. The normalized spacial score (nSPS) is 10.8. The highest BCUT2D eigenvalue weighted by molar-refractivity contribution is 6.30. The van der Waals surface area contributed by atoms with E-state index in [1.807, 2.05) is 0 Å². The quantitative estimate of drug-likeness (QED) is 0.653. The van der Waals surface area contributed by atoms with Crippen molar-refractivity contribution in [3.8, 4) is 5.75 Å². The van der Waals surface area contributed by atoms with Crippen molar-refractivity contribution in [2.45, 2.75) is 0 Å². The number of fused-ring (bicyclic) bond motifs is 1. The minimum Gasteiger partial charge on any atom is -0.491 e. The first kappa shape index (κ1) is 17.1. The van der Waals surface area contributed by atoms with Gasteiger partial charge in [-0.3, -0.25) is 4.79 Å². The lowest BCUT2D eigenvalue weighted by Gasteiger charge is -2.04. The number of anilines is 2. The van der Waals surface area contributed by atoms with E-state index in [1.165, 1.54) is 6.20 Å². The van der Waals surface area contributed by atoms with Crippen LogP contribution >= 0.6 is 11.6 Å². The van der Waals surface area contributed by atoms with Gasteiger partial charge in [0.25, 0.3) is 5.91 Å². The van der Waals surface area contributed by atoms with E-state index >= 15 is 0 Å². The molecule has 130 valence electrons. The number of amides is 1. The van der Waals surface area contributed by atoms with Crippen LogP contribution in [0.5, 0.6) is 5.75 Å². The third-order valence-electron chi connectivity index (χ3n) is 3.43. The molecule has 0 aliphatic carbocycles. The van der Waals surface area contributed by atoms with Gasteiger partial charge in [0.2, 0.25) is 5.76 Å². The number of hydrogen-bond donors (Lipinski definition) is 2. The number of furan rings is 1. The molecule has 0 atom stereocenters. The maximum absolute atomic E-state index is 12.4. The molecule has 0 unspecified atom stereocenters. The van der Waals surface area contributed by atoms with Crippen LogP contribution in [-0.2, 0) is 4.74 Å². The smallest absolute Gasteiger partial charge is 0.294 e. The molecule has 3 aromatic rings. The third kappa shape index (κ3) is 3.84. The number of aromatic nitrogens is 1. The Labute approximate surface area is 148 Å². The highest BCUT2D eigenvalue weighted by Crippen LogP contribution is 2.31. The zero-order valence-corrected chi connectivity index (χ0v) is 14.2. The molecule has 25 heavy (non-hydrogen) atoms. The fraction of sp³-hybridized carbons (Fsp3) is 0.176. The second kappa shape index (κ2) is 7.42. The van der Waals surface area contributed by atoms with Gasteiger partial charge in [-0.15, -0.1) is 0 Å². The summed E-state index contributed by atoms with van der Waals surface area (Å²) < 4.78 is 16.0. The van der Waals surface area contributed by atoms with E-state index in [2.05, 4.69) is 10.3 Å². The van der Waals surface area contributed by atoms with Crippen molar-refractivity contribution < 1.29 is 18.7 Å². The summed E-state index contributed by atoms with van der Waals surface area (Å²) in [5.41, 5.74) is 6.79. The molecule has 0 aliphatic heterocycles. The van der Waals surface area contributed by atoms with E-state index in [9.17, 15) is 4.79 Å². The first-order chi connectivity index (χ1) is 12.1. The molecule has 7 nitrogen and oxygen atoms in total. The van der Waals surface area contributed by atoms with E-state index < -0.39 is 5.91 Å². The van der Waals surface area contributed by atoms with Crippen molar-refractivity contribution in [1.29, 1.82) is 0 Å². The number of nitrogens with zero attached hydrogens (tertiary/aromatic N) is 1. The van der Waals surface area contributed by atoms with Crippen LogP contribution < -0.4 is 15.8 Å². The fourth-order valence-electron chi connectivity index (χ4n) is 2.22. The predicted molar refractivity (Wildman–Crippen MR) is 95.2 cm³/mol. The number of pyridine rings is 1. The minimum atomic E-state index is -0.495. The summed E-state index contributed by atoms with van der Waals surface area (Å²) in [6.45, 7) is 0.885. The maximum atomic E-state index is 12.4. The molecule has 8 heteroatoms. The number of nitrogens with one attached hydrogen (secondary N) is 1. The Morgan fingerprint density at radius 2 is 2.16 bits per heavy atom. The van der Waals surface area contributed by atoms with Gasteiger partial charge in [-0.05, 0) is 30.3 Å². The first-order valence-electron chi connectivity index (χ1n) is 7.45. The molecule has 0 saturated heterocycles. The van der Waals surface area contributed by atoms with Crippen molar-refractivity contribution in [2.75, 3.05) is 31.4 Å². The lowest BCUT2D eigenvalue weighted by molar-refractivity contribution is 0.0999. The summed E-state index contributed by atoms with van der Waals surface area (Å²) in [5, 5.41) is 3.69. The molecule has 0 saturated carbocycles. The van der Waals surface area contributed by atoms with Gasteiger partial charge in [0, 0.05) is 18.7 Å². The Morgan fingerprint density at radius 3 is 2.88 bits per heavy atom. The van der Waals surface area contributed by atoms with Gasteiger partial charge in [0.15, 0.2) is 0 Å². The Bertz CT molecular complexity index is 893. The minimum absolute atomic E-state index is 0.0146. The van der Waals surface area contributed by atoms with Gasteiger partial charge < -0.3 is 24.9 Å². The van der Waals surface area contributed by atoms with Crippen molar-refractivity contribution in [1.82, 2.24) is 4.98 Å². The number of methoxy groups -OCH3 is 1. The van der Waals surface area contributed by atoms with Crippen molar-refractivity contribution >= 4 is 40.0 Å². The van der Waals surface area contributed by atoms with Crippen LogP contribution in [0, 0.1) is 0 Å². The van der Waals surface area contributed by atoms with Gasteiger partial charge in [0.1, 0.15) is 23.8 Å². The molecule has 3 rings (SSSR count). The summed E-state index contributed by atoms with van der Waals surface area (Å²) in [7, 11) is 1.60. The molecule has 1 aromatic carbocycles. The van der Waals surface area contributed by atoms with Crippen LogP contribution in [0.25, 0.3) is 11.0 Å². The van der Waals surface area contributed by atoms with Crippen molar-refractivity contribution in [3.63, 3.8) is 0 Å². The number of ether oxygens (including phenoxy) is 2. The largest absolute Gasteiger partial charge is 0.491 e. The van der Waals surface area contributed by atoms with E-state index in [0.29, 0.717) is 40.8 Å². The van der Waals surface area contributed by atoms with Gasteiger partial charge in [-0.2, -0.15) is 0 Å². The molecule has 0 aliphatic rings. The van der Waals surface area contributed by atoms with Gasteiger partial charge in [0.05, 0.1) is 17.3 Å². The van der Waals surface area contributed by atoms with E-state index in [1.54, 1.807) is 37.4 Å². The van der Waals surface area contributed by atoms with Crippen LogP contribution in [-0.4, -0.2) is 31.2 Å². The molecular formula is C17H16ClN3O4. The standard InChI is InChI=1S/C17H16ClN3O4/c1-23-6-7-24-11-3-4-13-12(8-11)15(19)16(25-13)17(22)21-14-5-2-10(18)9-20-14/h2-5,8-9H,6-7,19H2,1H3,(H,20,21,22). The zero-order valence-electron chi connectivity index (χ0n) is 13.4. The number of rotatable bonds is 6. The lowest BCUT2D eigenvalue weighted by Crippen LogP contribution is -2.13. The third-order valence-corrected chi connectivity index (χ3v) is 3.65. The summed E-state index contributed by atoms with van der Waals surface area (Å²) in [6.07, 6.45) is 1.43. The number of nitrogens with two attached hydrogens (primary N) is 1. The maximum Gasteiger partial charge on any atom is 0.294 e. The summed E-state index contributed by atoms with van der Waals surface area (Å²) in [5.74, 6) is 0.479. The number of carbonyl (C=O) groups is 1. The molecule has 2 aromatic heterocycles. The zero-order chi connectivity index (χ0) is 17.8. The fourth-order valence-corrected chi connectivity index (χ4v) is 2.33. The van der Waals surface area contributed by atoms with Crippen LogP contribution in [0.15, 0.2) is 40.9 Å². The number of hydrogen-bond acceptors (Lipinski definition) is 6. The van der Waals surface area contributed by atoms with Crippen LogP contribution in [0.1, 0.15) is 10.6 Å². The molecule has 1 amide bonds. The second-order valence-electron chi connectivity index (χ2n) is 5.16. The molecule has 0 bridgehead atoms. The average Bonchev–Trinajstić information content (AvgIpc) is 2.94. The number of benzene rings is 1. The molecule has 2 heterocycles. The van der Waals surface area contributed by atoms with Crippen LogP contribution in [0.2, 0.25) is 5.02 Å². The summed E-state index contributed by atoms with van der Waals surface area (Å²) in [4.78, 5) is 16.4. The number of nitrogen functional groups attached to an aromatic ring is 1. The van der Waals surface area contributed by atoms with Crippen molar-refractivity contribution in [2.24, 2.45) is 0 Å². The van der Waals surface area contributed by atoms with Gasteiger partial charge in [-0.25, -0.2) is 4.98 Å². The first-order valence-corrected chi connectivity index (χ1v) is 7.83. The lowest BCUT2D eigenvalue weighted by atomic mass is 10.2. The van der Waals surface area contributed by atoms with Crippen LogP contribution in [0.4, 0.5) is 11.5 Å². The van der Waals surface area contributed by atoms with Gasteiger partial charge >= 0.3 is 0 Å². The highest BCUT2D eigenvalue weighted by atomic mass is 35.5. The SMILES string of the molecule is COCCOc1ccc2oc(C(=O)Nc3ccc(Cl)cn3)c(N)c2c1. The Morgan fingerprint density at radius 1 is 1.32 bits per heavy atom. The topological polar surface area (TPSA) is 99.6 Å². The molecule has 3 N–H and O–H groups in total. The molecular weight excluding hydrogens is 346 g/mol. The van der Waals surface area contributed by atoms with E-state index in [4.69, 9.17) is 31.2 Å². The number of carbonyl (C=O) groups excluding carboxylic acids is 1. The Kier molecular flexibility index (Phi) is 5.06. The molecule has 0 spiro atoms. The van der Waals surface area contributed by atoms with Gasteiger partial charge in [-0.1, -0.05) is 11.6 Å². The Hall–Kier alpha value is -2.77. The average molecular weight is 362 g/mol.